The number of nitrogens with one attached hydrogen (secondary N) is 3. The monoisotopic (exact) mass is 569 g/mol. The van der Waals surface area contributed by atoms with Gasteiger partial charge in [0.1, 0.15) is 0 Å². The minimum atomic E-state index is -5.17. The zero-order chi connectivity index (χ0) is 27.8. The molecular weight excluding hydrogens is 545 g/mol. The van der Waals surface area contributed by atoms with Gasteiger partial charge in [0.2, 0.25) is 5.75 Å². The SMILES string of the molecule is Fc1cc(CNCCCCOCCNc2cc(-c3ccncc3)c(Cl)c3[nH]ncc23)cc(F)c1OC(F)(F)F. The van der Waals surface area contributed by atoms with Gasteiger partial charge < -0.3 is 20.1 Å². The Morgan fingerprint density at radius 3 is 2.44 bits per heavy atom. The molecule has 0 saturated heterocycles. The van der Waals surface area contributed by atoms with Crippen molar-refractivity contribution in [3.05, 3.63) is 71.1 Å². The minimum Gasteiger partial charge on any atom is -0.399 e. The molecule has 0 radical (unpaired) electrons. The number of hydrogen-bond donors (Lipinski definition) is 3. The van der Waals surface area contributed by atoms with Crippen LogP contribution in [0, 0.1) is 11.6 Å². The molecule has 7 nitrogen and oxygen atoms in total. The zero-order valence-electron chi connectivity index (χ0n) is 20.5. The average Bonchev–Trinajstić information content (AvgIpc) is 3.39. The van der Waals surface area contributed by atoms with Crippen molar-refractivity contribution in [2.45, 2.75) is 25.7 Å². The first-order valence-electron chi connectivity index (χ1n) is 12.0. The average molecular weight is 570 g/mol. The second kappa shape index (κ2) is 13.0. The van der Waals surface area contributed by atoms with E-state index < -0.39 is 23.7 Å². The number of hydrogen-bond acceptors (Lipinski definition) is 6. The molecule has 0 aliphatic heterocycles. The Kier molecular flexibility index (Phi) is 9.54. The Bertz CT molecular complexity index is 1360. The van der Waals surface area contributed by atoms with Crippen LogP contribution in [0.25, 0.3) is 22.0 Å². The predicted octanol–water partition coefficient (Wildman–Crippen LogP) is 6.45. The van der Waals surface area contributed by atoms with E-state index in [4.69, 9.17) is 16.3 Å². The van der Waals surface area contributed by atoms with Crippen molar-refractivity contribution in [3.63, 3.8) is 0 Å². The minimum absolute atomic E-state index is 0.0932. The maximum atomic E-state index is 13.8. The van der Waals surface area contributed by atoms with Crippen LogP contribution in [0.3, 0.4) is 0 Å². The Morgan fingerprint density at radius 1 is 0.974 bits per heavy atom. The number of pyridine rings is 1. The van der Waals surface area contributed by atoms with E-state index in [0.717, 1.165) is 52.7 Å². The molecule has 208 valence electrons. The number of halogens is 6. The summed E-state index contributed by atoms with van der Waals surface area (Å²) in [5, 5.41) is 14.9. The van der Waals surface area contributed by atoms with Crippen molar-refractivity contribution >= 4 is 28.2 Å². The van der Waals surface area contributed by atoms with Crippen molar-refractivity contribution in [1.82, 2.24) is 20.5 Å². The van der Waals surface area contributed by atoms with Gasteiger partial charge in [-0.1, -0.05) is 11.6 Å². The molecule has 39 heavy (non-hydrogen) atoms. The lowest BCUT2D eigenvalue weighted by Crippen LogP contribution is -2.20. The van der Waals surface area contributed by atoms with Crippen LogP contribution in [0.1, 0.15) is 18.4 Å². The molecule has 4 rings (SSSR count). The Hall–Kier alpha value is -3.48. The van der Waals surface area contributed by atoms with Crippen molar-refractivity contribution in [1.29, 1.82) is 0 Å². The van der Waals surface area contributed by atoms with Gasteiger partial charge in [0.25, 0.3) is 0 Å². The second-order valence-corrected chi connectivity index (χ2v) is 8.92. The quantitative estimate of drug-likeness (QED) is 0.127. The van der Waals surface area contributed by atoms with E-state index in [9.17, 15) is 22.0 Å². The fourth-order valence-corrected chi connectivity index (χ4v) is 4.25. The summed E-state index contributed by atoms with van der Waals surface area (Å²) in [6.07, 6.45) is 1.41. The van der Waals surface area contributed by atoms with E-state index in [1.807, 2.05) is 18.2 Å². The molecular formula is C26H25ClF5N5O2. The molecule has 0 amide bonds. The van der Waals surface area contributed by atoms with Crippen molar-refractivity contribution in [2.75, 3.05) is 31.6 Å². The number of fused-ring (bicyclic) bond motifs is 1. The molecule has 4 aromatic rings. The van der Waals surface area contributed by atoms with Crippen LogP contribution in [0.5, 0.6) is 5.75 Å². The number of anilines is 1. The molecule has 0 aliphatic carbocycles. The number of aromatic amines is 1. The molecule has 2 aromatic carbocycles. The highest BCUT2D eigenvalue weighted by molar-refractivity contribution is 6.38. The topological polar surface area (TPSA) is 84.1 Å². The maximum Gasteiger partial charge on any atom is 0.573 e. The summed E-state index contributed by atoms with van der Waals surface area (Å²) >= 11 is 6.60. The van der Waals surface area contributed by atoms with Crippen molar-refractivity contribution in [2.24, 2.45) is 0 Å². The summed E-state index contributed by atoms with van der Waals surface area (Å²) in [6.45, 7) is 2.16. The molecule has 13 heteroatoms. The van der Waals surface area contributed by atoms with E-state index in [1.54, 1.807) is 18.6 Å². The van der Waals surface area contributed by atoms with Gasteiger partial charge in [-0.05, 0) is 60.8 Å². The van der Waals surface area contributed by atoms with Gasteiger partial charge in [0.15, 0.2) is 11.6 Å². The normalized spacial score (nSPS) is 11.7. The number of benzene rings is 2. The van der Waals surface area contributed by atoms with Crippen LogP contribution in [0.4, 0.5) is 27.6 Å². The lowest BCUT2D eigenvalue weighted by atomic mass is 10.0. The van der Waals surface area contributed by atoms with Gasteiger partial charge in [-0.25, -0.2) is 8.78 Å². The van der Waals surface area contributed by atoms with E-state index >= 15 is 0 Å². The third-order valence-corrected chi connectivity index (χ3v) is 6.12. The first-order chi connectivity index (χ1) is 18.7. The zero-order valence-corrected chi connectivity index (χ0v) is 21.3. The summed E-state index contributed by atoms with van der Waals surface area (Å²) in [5.74, 6) is -4.28. The number of H-pyrrole nitrogens is 1. The highest BCUT2D eigenvalue weighted by Gasteiger charge is 2.34. The van der Waals surface area contributed by atoms with Crippen molar-refractivity contribution < 1.29 is 31.4 Å². The number of aromatic nitrogens is 3. The lowest BCUT2D eigenvalue weighted by molar-refractivity contribution is -0.276. The third kappa shape index (κ3) is 7.78. The number of alkyl halides is 3. The van der Waals surface area contributed by atoms with Crippen LogP contribution >= 0.6 is 11.6 Å². The first-order valence-corrected chi connectivity index (χ1v) is 12.4. The first kappa shape index (κ1) is 28.5. The van der Waals surface area contributed by atoms with Gasteiger partial charge in [0, 0.05) is 48.7 Å². The second-order valence-electron chi connectivity index (χ2n) is 8.54. The molecule has 0 fully saturated rings. The smallest absolute Gasteiger partial charge is 0.399 e. The Balaban J connectivity index is 1.15. The summed E-state index contributed by atoms with van der Waals surface area (Å²) in [7, 11) is 0. The van der Waals surface area contributed by atoms with E-state index in [1.165, 1.54) is 0 Å². The maximum absolute atomic E-state index is 13.8. The lowest BCUT2D eigenvalue weighted by Gasteiger charge is -2.13. The van der Waals surface area contributed by atoms with E-state index in [2.05, 4.69) is 30.6 Å². The van der Waals surface area contributed by atoms with Crippen LogP contribution in [0.15, 0.2) is 48.9 Å². The molecule has 0 atom stereocenters. The molecule has 2 heterocycles. The van der Waals surface area contributed by atoms with Crippen LogP contribution in [0.2, 0.25) is 5.02 Å². The third-order valence-electron chi connectivity index (χ3n) is 5.72. The largest absolute Gasteiger partial charge is 0.573 e. The standard InChI is InChI=1S/C26H25ClF5N5O2/c27-23-18(17-3-6-33-7-4-17)13-22(19-15-36-37-24(19)23)35-8-10-38-9-2-1-5-34-14-16-11-20(28)25(21(29)12-16)39-26(30,31)32/h3-4,6-7,11-13,15,34-35H,1-2,5,8-10,14H2,(H,36,37). The number of rotatable bonds is 13. The van der Waals surface area contributed by atoms with E-state index in [0.29, 0.717) is 31.3 Å². The molecule has 0 unspecified atom stereocenters. The predicted molar refractivity (Wildman–Crippen MR) is 138 cm³/mol. The fraction of sp³-hybridized carbons (Fsp3) is 0.308. The number of ether oxygens (including phenoxy) is 2. The highest BCUT2D eigenvalue weighted by atomic mass is 35.5. The van der Waals surface area contributed by atoms with Crippen LogP contribution in [-0.4, -0.2) is 47.8 Å². The van der Waals surface area contributed by atoms with Crippen LogP contribution < -0.4 is 15.4 Å². The van der Waals surface area contributed by atoms with Gasteiger partial charge in [-0.2, -0.15) is 5.10 Å². The Morgan fingerprint density at radius 2 is 1.72 bits per heavy atom. The molecule has 0 aliphatic rings. The van der Waals surface area contributed by atoms with Gasteiger partial charge >= 0.3 is 6.36 Å². The fourth-order valence-electron chi connectivity index (χ4n) is 3.94. The number of nitrogens with zero attached hydrogens (tertiary/aromatic N) is 2. The van der Waals surface area contributed by atoms with Crippen molar-refractivity contribution in [3.8, 4) is 16.9 Å². The molecule has 3 N–H and O–H groups in total. The summed E-state index contributed by atoms with van der Waals surface area (Å²) < 4.78 is 73.3. The summed E-state index contributed by atoms with van der Waals surface area (Å²) in [5.41, 5.74) is 3.56. The summed E-state index contributed by atoms with van der Waals surface area (Å²) in [4.78, 5) is 4.05. The van der Waals surface area contributed by atoms with Gasteiger partial charge in [-0.3, -0.25) is 10.1 Å². The van der Waals surface area contributed by atoms with Crippen LogP contribution in [-0.2, 0) is 11.3 Å². The van der Waals surface area contributed by atoms with Gasteiger partial charge in [0.05, 0.1) is 23.3 Å². The molecule has 2 aromatic heterocycles. The Labute approximate surface area is 225 Å². The molecule has 0 bridgehead atoms. The molecule has 0 saturated carbocycles. The van der Waals surface area contributed by atoms with Gasteiger partial charge in [-0.15, -0.1) is 13.2 Å². The number of unbranched alkanes of at least 4 members (excludes halogenated alkanes) is 1. The molecule has 0 spiro atoms. The van der Waals surface area contributed by atoms with E-state index in [-0.39, 0.29) is 12.1 Å². The highest BCUT2D eigenvalue weighted by Crippen LogP contribution is 2.37. The summed E-state index contributed by atoms with van der Waals surface area (Å²) in [6, 6.07) is 7.35.